The average molecular weight is 333 g/mol. The number of thiophene rings is 1. The molecule has 0 aliphatic heterocycles. The summed E-state index contributed by atoms with van der Waals surface area (Å²) >= 11 is 1.55. The molecule has 0 aliphatic rings. The molecule has 1 heterocycles. The number of carbonyl (C=O) groups is 2. The zero-order valence-electron chi connectivity index (χ0n) is 12.9. The van der Waals surface area contributed by atoms with E-state index in [1.165, 1.54) is 0 Å². The number of aliphatic carboxylic acids is 1. The average Bonchev–Trinajstić information content (AvgIpc) is 3.05. The summed E-state index contributed by atoms with van der Waals surface area (Å²) in [4.78, 5) is 24.6. The smallest absolute Gasteiger partial charge is 0.169 e. The minimum atomic E-state index is -1.22. The molecule has 2 N–H and O–H groups in total. The summed E-state index contributed by atoms with van der Waals surface area (Å²) in [5.41, 5.74) is 0.476. The maximum Gasteiger partial charge on any atom is 0.169 e. The molecule has 0 aliphatic carbocycles. The minimum absolute atomic E-state index is 0.0955. The number of hydrogen-bond acceptors (Lipinski definition) is 5. The second kappa shape index (κ2) is 8.45. The predicted octanol–water partition coefficient (Wildman–Crippen LogP) is 0.602. The van der Waals surface area contributed by atoms with Crippen molar-refractivity contribution in [1.82, 2.24) is 0 Å². The van der Waals surface area contributed by atoms with Gasteiger partial charge >= 0.3 is 0 Å². The Kier molecular flexibility index (Phi) is 6.31. The van der Waals surface area contributed by atoms with Gasteiger partial charge in [0.05, 0.1) is 23.9 Å². The molecule has 0 saturated carbocycles. The molecule has 122 valence electrons. The summed E-state index contributed by atoms with van der Waals surface area (Å²) in [6, 6.07) is 9.67. The molecule has 5 nitrogen and oxygen atoms in total. The van der Waals surface area contributed by atoms with Gasteiger partial charge < -0.3 is 20.0 Å². The third kappa shape index (κ3) is 5.19. The Hall–Kier alpha value is -2.18. The van der Waals surface area contributed by atoms with Crippen LogP contribution in [-0.2, 0) is 11.3 Å². The largest absolute Gasteiger partial charge is 0.544 e. The fourth-order valence-corrected chi connectivity index (χ4v) is 2.85. The highest BCUT2D eigenvalue weighted by atomic mass is 32.1. The third-order valence-corrected chi connectivity index (χ3v) is 4.28. The summed E-state index contributed by atoms with van der Waals surface area (Å²) < 4.78 is 5.32. The molecule has 0 amide bonds. The van der Waals surface area contributed by atoms with Crippen molar-refractivity contribution in [3.8, 4) is 5.75 Å². The molecule has 0 bridgehead atoms. The van der Waals surface area contributed by atoms with Crippen molar-refractivity contribution in [2.75, 3.05) is 6.61 Å². The number of Topliss-reactive ketones (excluding diaryl/α,β-unsaturated/α-hetero) is 1. The van der Waals surface area contributed by atoms with Crippen molar-refractivity contribution in [1.29, 1.82) is 0 Å². The van der Waals surface area contributed by atoms with Crippen LogP contribution in [0.5, 0.6) is 5.75 Å². The molecular weight excluding hydrogens is 314 g/mol. The van der Waals surface area contributed by atoms with Crippen LogP contribution in [-0.4, -0.2) is 24.4 Å². The van der Waals surface area contributed by atoms with Crippen molar-refractivity contribution >= 4 is 23.1 Å². The van der Waals surface area contributed by atoms with Gasteiger partial charge in [-0.1, -0.05) is 6.07 Å². The molecule has 2 aromatic rings. The van der Waals surface area contributed by atoms with E-state index >= 15 is 0 Å². The van der Waals surface area contributed by atoms with E-state index in [-0.39, 0.29) is 12.2 Å². The van der Waals surface area contributed by atoms with Crippen LogP contribution < -0.4 is 15.2 Å². The van der Waals surface area contributed by atoms with E-state index < -0.39 is 12.0 Å². The number of benzene rings is 1. The number of carbonyl (C=O) groups excluding carboxylic acids is 2. The zero-order chi connectivity index (χ0) is 16.7. The minimum Gasteiger partial charge on any atom is -0.544 e. The van der Waals surface area contributed by atoms with Gasteiger partial charge in [-0.15, -0.1) is 11.3 Å². The van der Waals surface area contributed by atoms with Crippen molar-refractivity contribution in [3.05, 3.63) is 52.2 Å². The van der Waals surface area contributed by atoms with Gasteiger partial charge in [0.25, 0.3) is 0 Å². The van der Waals surface area contributed by atoms with Gasteiger partial charge in [-0.05, 0) is 42.6 Å². The van der Waals surface area contributed by atoms with Crippen LogP contribution in [0.4, 0.5) is 0 Å². The Morgan fingerprint density at radius 2 is 2.00 bits per heavy atom. The van der Waals surface area contributed by atoms with Crippen LogP contribution in [0, 0.1) is 0 Å². The molecule has 0 fully saturated rings. The van der Waals surface area contributed by atoms with Gasteiger partial charge in [0.15, 0.2) is 5.78 Å². The van der Waals surface area contributed by atoms with Crippen LogP contribution in [0.3, 0.4) is 0 Å². The van der Waals surface area contributed by atoms with Crippen LogP contribution >= 0.6 is 11.3 Å². The van der Waals surface area contributed by atoms with Crippen LogP contribution in [0.15, 0.2) is 41.8 Å². The Labute approximate surface area is 138 Å². The van der Waals surface area contributed by atoms with Crippen LogP contribution in [0.1, 0.15) is 28.6 Å². The molecule has 0 saturated heterocycles. The molecule has 23 heavy (non-hydrogen) atoms. The molecule has 1 atom stereocenters. The number of ketones is 1. The fraction of sp³-hybridized carbons (Fsp3) is 0.294. The van der Waals surface area contributed by atoms with E-state index in [1.807, 2.05) is 24.4 Å². The van der Waals surface area contributed by atoms with E-state index in [0.717, 1.165) is 4.88 Å². The molecule has 1 aromatic carbocycles. The number of carboxylic acids is 1. The lowest BCUT2D eigenvalue weighted by Crippen LogP contribution is -2.92. The molecule has 2 rings (SSSR count). The van der Waals surface area contributed by atoms with E-state index in [0.29, 0.717) is 24.5 Å². The summed E-state index contributed by atoms with van der Waals surface area (Å²) in [6.07, 6.45) is -0.0955. The van der Waals surface area contributed by atoms with E-state index in [9.17, 15) is 14.7 Å². The standard InChI is InChI=1S/C17H19NO4S/c1-2-22-13-7-5-12(6-8-13)16(19)10-15(17(20)21)18-11-14-4-3-9-23-14/h3-9,15,18H,2,10-11H2,1H3,(H,20,21)/t15-/m1/s1. The zero-order valence-corrected chi connectivity index (χ0v) is 13.7. The number of carboxylic acid groups (broad SMARTS) is 1. The lowest BCUT2D eigenvalue weighted by molar-refractivity contribution is -0.696. The number of ether oxygens (including phenoxy) is 1. The monoisotopic (exact) mass is 333 g/mol. The van der Waals surface area contributed by atoms with Crippen LogP contribution in [0.2, 0.25) is 0 Å². The molecule has 0 radical (unpaired) electrons. The highest BCUT2D eigenvalue weighted by molar-refractivity contribution is 7.09. The maximum atomic E-state index is 12.2. The number of nitrogens with two attached hydrogens (primary N) is 1. The van der Waals surface area contributed by atoms with Crippen LogP contribution in [0.25, 0.3) is 0 Å². The number of hydrogen-bond donors (Lipinski definition) is 1. The van der Waals surface area contributed by atoms with Gasteiger partial charge in [0, 0.05) is 5.56 Å². The first-order valence-electron chi connectivity index (χ1n) is 7.42. The molecule has 6 heteroatoms. The first-order chi connectivity index (χ1) is 11.1. The van der Waals surface area contributed by atoms with Gasteiger partial charge in [0.2, 0.25) is 0 Å². The molecule has 0 unspecified atom stereocenters. The summed E-state index contributed by atoms with van der Waals surface area (Å²) in [5.74, 6) is -0.754. The van der Waals surface area contributed by atoms with Gasteiger partial charge in [-0.25, -0.2) is 0 Å². The van der Waals surface area contributed by atoms with Crippen molar-refractivity contribution in [2.45, 2.75) is 25.9 Å². The highest BCUT2D eigenvalue weighted by Gasteiger charge is 2.19. The van der Waals surface area contributed by atoms with Crippen molar-refractivity contribution < 1.29 is 24.7 Å². The first kappa shape index (κ1) is 17.2. The topological polar surface area (TPSA) is 83.0 Å². The molecular formula is C17H19NO4S. The quantitative estimate of drug-likeness (QED) is 0.681. The van der Waals surface area contributed by atoms with Gasteiger partial charge in [0.1, 0.15) is 18.3 Å². The molecule has 0 spiro atoms. The van der Waals surface area contributed by atoms with E-state index in [4.69, 9.17) is 4.74 Å². The lowest BCUT2D eigenvalue weighted by Gasteiger charge is -2.15. The van der Waals surface area contributed by atoms with Gasteiger partial charge in [-0.2, -0.15) is 0 Å². The normalized spacial score (nSPS) is 11.9. The van der Waals surface area contributed by atoms with E-state index in [1.54, 1.807) is 40.9 Å². The second-order valence-electron chi connectivity index (χ2n) is 5.03. The van der Waals surface area contributed by atoms with Gasteiger partial charge in [-0.3, -0.25) is 4.79 Å². The SMILES string of the molecule is CCOc1ccc(C(=O)C[C@@H]([NH2+]Cc2cccs2)C(=O)[O-])cc1. The predicted molar refractivity (Wildman–Crippen MR) is 85.3 cm³/mol. The summed E-state index contributed by atoms with van der Waals surface area (Å²) in [6.45, 7) is 2.96. The second-order valence-corrected chi connectivity index (χ2v) is 6.06. The highest BCUT2D eigenvalue weighted by Crippen LogP contribution is 2.14. The Bertz CT molecular complexity index is 637. The maximum absolute atomic E-state index is 12.2. The van der Waals surface area contributed by atoms with E-state index in [2.05, 4.69) is 0 Å². The Morgan fingerprint density at radius 3 is 2.57 bits per heavy atom. The number of rotatable bonds is 9. The lowest BCUT2D eigenvalue weighted by atomic mass is 10.0. The first-order valence-corrected chi connectivity index (χ1v) is 8.30. The fourth-order valence-electron chi connectivity index (χ4n) is 2.17. The summed E-state index contributed by atoms with van der Waals surface area (Å²) in [5, 5.41) is 14.8. The number of quaternary nitrogens is 1. The Morgan fingerprint density at radius 1 is 1.26 bits per heavy atom. The van der Waals surface area contributed by atoms with Crippen molar-refractivity contribution in [2.24, 2.45) is 0 Å². The Balaban J connectivity index is 1.95. The third-order valence-electron chi connectivity index (χ3n) is 3.38. The van der Waals surface area contributed by atoms with Crippen molar-refractivity contribution in [3.63, 3.8) is 0 Å². The molecule has 1 aromatic heterocycles. The summed E-state index contributed by atoms with van der Waals surface area (Å²) in [7, 11) is 0.